The van der Waals surface area contributed by atoms with Crippen molar-refractivity contribution in [3.05, 3.63) is 0 Å². The highest BCUT2D eigenvalue weighted by atomic mass is 32.2. The lowest BCUT2D eigenvalue weighted by Crippen LogP contribution is -2.21. The minimum absolute atomic E-state index is 0.160. The van der Waals surface area contributed by atoms with Crippen molar-refractivity contribution >= 4 is 28.2 Å². The second-order valence-electron chi connectivity index (χ2n) is 4.75. The van der Waals surface area contributed by atoms with E-state index in [9.17, 15) is 0 Å². The summed E-state index contributed by atoms with van der Waals surface area (Å²) < 4.78 is 1.36. The van der Waals surface area contributed by atoms with E-state index in [4.69, 9.17) is 12.2 Å². The van der Waals surface area contributed by atoms with E-state index in [0.29, 0.717) is 0 Å². The summed E-state index contributed by atoms with van der Waals surface area (Å²) in [5.74, 6) is 0. The van der Waals surface area contributed by atoms with Gasteiger partial charge in [0.2, 0.25) is 0 Å². The summed E-state index contributed by atoms with van der Waals surface area (Å²) in [6.45, 7) is 13.1. The molecular weight excluding hydrogens is 172 g/mol. The zero-order valence-corrected chi connectivity index (χ0v) is 9.95. The lowest BCUT2D eigenvalue weighted by Gasteiger charge is -2.25. The van der Waals surface area contributed by atoms with Crippen molar-refractivity contribution in [3.8, 4) is 0 Å². The van der Waals surface area contributed by atoms with Crippen LogP contribution >= 0.6 is 24.0 Å². The molecule has 0 saturated carbocycles. The van der Waals surface area contributed by atoms with Crippen molar-refractivity contribution in [3.63, 3.8) is 0 Å². The topological polar surface area (TPSA) is 0 Å². The molecule has 0 aromatic heterocycles. The summed E-state index contributed by atoms with van der Waals surface area (Å²) in [7, 11) is 0. The molecule has 0 aromatic carbocycles. The van der Waals surface area contributed by atoms with Gasteiger partial charge in [0.15, 0.2) is 0 Å². The van der Waals surface area contributed by atoms with Crippen molar-refractivity contribution in [2.24, 2.45) is 5.41 Å². The third-order valence-electron chi connectivity index (χ3n) is 1.01. The van der Waals surface area contributed by atoms with Crippen LogP contribution < -0.4 is 0 Å². The molecule has 0 spiro atoms. The molecule has 0 aromatic rings. The van der Waals surface area contributed by atoms with Gasteiger partial charge in [-0.1, -0.05) is 53.8 Å². The molecule has 66 valence electrons. The summed E-state index contributed by atoms with van der Waals surface area (Å²) >= 11 is 7.10. The zero-order valence-electron chi connectivity index (χ0n) is 8.32. The van der Waals surface area contributed by atoms with Crippen LogP contribution in [0.5, 0.6) is 0 Å². The summed E-state index contributed by atoms with van der Waals surface area (Å²) in [5.41, 5.74) is 0.160. The highest BCUT2D eigenvalue weighted by Crippen LogP contribution is 2.33. The van der Waals surface area contributed by atoms with Crippen LogP contribution in [0.4, 0.5) is 0 Å². The molecule has 0 heterocycles. The van der Waals surface area contributed by atoms with E-state index in [1.165, 1.54) is 0 Å². The van der Waals surface area contributed by atoms with Crippen molar-refractivity contribution in [1.82, 2.24) is 0 Å². The second-order valence-corrected chi connectivity index (χ2v) is 7.26. The molecule has 0 unspecified atom stereocenters. The van der Waals surface area contributed by atoms with Crippen LogP contribution in [-0.2, 0) is 0 Å². The molecule has 2 heteroatoms. The summed E-state index contributed by atoms with van der Waals surface area (Å²) in [6, 6.07) is 0. The number of thiocarbonyl (C=S) groups is 1. The number of hydrogen-bond donors (Lipinski definition) is 0. The highest BCUT2D eigenvalue weighted by Gasteiger charge is 2.23. The molecule has 0 atom stereocenters. The molecule has 0 rings (SSSR count). The third-order valence-corrected chi connectivity index (χ3v) is 3.28. The molecule has 0 N–H and O–H groups in total. The Kier molecular flexibility index (Phi) is 3.58. The molecule has 0 saturated heterocycles. The maximum absolute atomic E-state index is 5.30. The Labute approximate surface area is 80.1 Å². The molecule has 11 heavy (non-hydrogen) atoms. The van der Waals surface area contributed by atoms with Crippen molar-refractivity contribution in [2.45, 2.75) is 46.3 Å². The second kappa shape index (κ2) is 3.44. The minimum Gasteiger partial charge on any atom is -0.112 e. The van der Waals surface area contributed by atoms with Crippen LogP contribution in [0.25, 0.3) is 0 Å². The van der Waals surface area contributed by atoms with Crippen molar-refractivity contribution in [2.75, 3.05) is 0 Å². The predicted molar refractivity (Wildman–Crippen MR) is 59.4 cm³/mol. The molecule has 0 amide bonds. The lowest BCUT2D eigenvalue weighted by molar-refractivity contribution is 0.609. The third kappa shape index (κ3) is 5.68. The van der Waals surface area contributed by atoms with Crippen molar-refractivity contribution in [1.29, 1.82) is 0 Å². The number of thioether (sulfide) groups is 1. The van der Waals surface area contributed by atoms with E-state index in [2.05, 4.69) is 41.5 Å². The SMILES string of the molecule is CC(C)(C)SC(=S)C(C)(C)C. The van der Waals surface area contributed by atoms with E-state index in [1.54, 1.807) is 11.8 Å². The first-order chi connectivity index (χ1) is 4.63. The first kappa shape index (κ1) is 11.4. The van der Waals surface area contributed by atoms with Gasteiger partial charge in [-0.3, -0.25) is 0 Å². The van der Waals surface area contributed by atoms with Gasteiger partial charge >= 0.3 is 0 Å². The Hall–Kier alpha value is 0.440. The Morgan fingerprint density at radius 2 is 1.36 bits per heavy atom. The van der Waals surface area contributed by atoms with E-state index in [-0.39, 0.29) is 10.2 Å². The fourth-order valence-corrected chi connectivity index (χ4v) is 2.04. The Morgan fingerprint density at radius 1 is 1.00 bits per heavy atom. The van der Waals surface area contributed by atoms with Crippen LogP contribution in [0.3, 0.4) is 0 Å². The molecule has 0 radical (unpaired) electrons. The van der Waals surface area contributed by atoms with E-state index in [0.717, 1.165) is 4.20 Å². The van der Waals surface area contributed by atoms with E-state index in [1.807, 2.05) is 0 Å². The normalized spacial score (nSPS) is 13.3. The molecule has 0 aliphatic rings. The van der Waals surface area contributed by atoms with Crippen LogP contribution in [0, 0.1) is 5.41 Å². The van der Waals surface area contributed by atoms with Gasteiger partial charge in [0.25, 0.3) is 0 Å². The summed E-state index contributed by atoms with van der Waals surface area (Å²) in [6.07, 6.45) is 0. The van der Waals surface area contributed by atoms with Crippen LogP contribution in [0.1, 0.15) is 41.5 Å². The first-order valence-electron chi connectivity index (χ1n) is 3.86. The monoisotopic (exact) mass is 190 g/mol. The van der Waals surface area contributed by atoms with Gasteiger partial charge in [-0.15, -0.1) is 11.8 Å². The molecule has 0 fully saturated rings. The maximum atomic E-state index is 5.30. The minimum atomic E-state index is 0.160. The van der Waals surface area contributed by atoms with Gasteiger partial charge in [-0.25, -0.2) is 0 Å². The van der Waals surface area contributed by atoms with Crippen molar-refractivity contribution < 1.29 is 0 Å². The Bertz CT molecular complexity index is 146. The summed E-state index contributed by atoms with van der Waals surface area (Å²) in [5, 5.41) is 0. The van der Waals surface area contributed by atoms with Crippen LogP contribution in [0.2, 0.25) is 0 Å². The fourth-order valence-electron chi connectivity index (χ4n) is 0.431. The highest BCUT2D eigenvalue weighted by molar-refractivity contribution is 8.24. The van der Waals surface area contributed by atoms with Gasteiger partial charge in [0, 0.05) is 10.2 Å². The van der Waals surface area contributed by atoms with Crippen LogP contribution in [-0.4, -0.2) is 8.94 Å². The molecule has 0 bridgehead atoms. The van der Waals surface area contributed by atoms with E-state index >= 15 is 0 Å². The van der Waals surface area contributed by atoms with Gasteiger partial charge in [-0.2, -0.15) is 0 Å². The average Bonchev–Trinajstić information content (AvgIpc) is 1.56. The standard InChI is InChI=1S/C9H18S2/c1-8(2,3)7(10)11-9(4,5)6/h1-6H3. The summed E-state index contributed by atoms with van der Waals surface area (Å²) in [4.78, 5) is 0. The molecular formula is C9H18S2. The van der Waals surface area contributed by atoms with Gasteiger partial charge in [0.05, 0.1) is 4.20 Å². The van der Waals surface area contributed by atoms with E-state index < -0.39 is 0 Å². The molecule has 0 aliphatic heterocycles. The number of rotatable bonds is 0. The molecule has 0 aliphatic carbocycles. The maximum Gasteiger partial charge on any atom is 0.0537 e. The quantitative estimate of drug-likeness (QED) is 0.531. The number of hydrogen-bond acceptors (Lipinski definition) is 2. The zero-order chi connectivity index (χ0) is 9.28. The smallest absolute Gasteiger partial charge is 0.0537 e. The van der Waals surface area contributed by atoms with Gasteiger partial charge < -0.3 is 0 Å². The largest absolute Gasteiger partial charge is 0.112 e. The Balaban J connectivity index is 4.11. The van der Waals surface area contributed by atoms with Crippen LogP contribution in [0.15, 0.2) is 0 Å². The Morgan fingerprint density at radius 3 is 1.45 bits per heavy atom. The van der Waals surface area contributed by atoms with Gasteiger partial charge in [-0.05, 0) is 0 Å². The lowest BCUT2D eigenvalue weighted by atomic mass is 10.0. The average molecular weight is 190 g/mol. The fraction of sp³-hybridized carbons (Fsp3) is 0.889. The molecule has 0 nitrogen and oxygen atoms in total. The van der Waals surface area contributed by atoms with Gasteiger partial charge in [0.1, 0.15) is 0 Å². The first-order valence-corrected chi connectivity index (χ1v) is 5.09. The predicted octanol–water partition coefficient (Wildman–Crippen LogP) is 3.89.